The summed E-state index contributed by atoms with van der Waals surface area (Å²) < 4.78 is 1.66. The van der Waals surface area contributed by atoms with Gasteiger partial charge in [-0.25, -0.2) is 4.98 Å². The first-order valence-corrected chi connectivity index (χ1v) is 9.50. The summed E-state index contributed by atoms with van der Waals surface area (Å²) in [5, 5.41) is 12.4. The molecule has 0 fully saturated rings. The van der Waals surface area contributed by atoms with E-state index in [0.717, 1.165) is 22.7 Å². The highest BCUT2D eigenvalue weighted by Gasteiger charge is 2.20. The van der Waals surface area contributed by atoms with E-state index in [0.29, 0.717) is 0 Å². The van der Waals surface area contributed by atoms with E-state index in [2.05, 4.69) is 39.1 Å². The molecule has 3 rings (SSSR count). The number of hydrogen-bond donors (Lipinski definition) is 1. The normalized spacial score (nSPS) is 12.3. The molecule has 0 bridgehead atoms. The van der Waals surface area contributed by atoms with E-state index >= 15 is 0 Å². The van der Waals surface area contributed by atoms with Crippen molar-refractivity contribution in [2.75, 3.05) is 0 Å². The Hall–Kier alpha value is -1.99. The lowest BCUT2D eigenvalue weighted by molar-refractivity contribution is -0.122. The standard InChI is InChI=1S/C17H20N4OS2/c1-11-7-18-21(8-11)9-16(22)20-15(6-14-4-5-23-10-14)17-19-12(2)13(3)24-17/h4-5,7-8,10,15H,6,9H2,1-3H3,(H,20,22)/t15-/m0/s1. The SMILES string of the molecule is Cc1cnn(CC(=O)N[C@@H](Cc2ccsc2)c2nc(C)c(C)s2)c1. The van der Waals surface area contributed by atoms with Crippen molar-refractivity contribution in [1.82, 2.24) is 20.1 Å². The fourth-order valence-electron chi connectivity index (χ4n) is 2.43. The maximum absolute atomic E-state index is 12.4. The van der Waals surface area contributed by atoms with Crippen molar-refractivity contribution in [2.45, 2.75) is 39.8 Å². The summed E-state index contributed by atoms with van der Waals surface area (Å²) in [6, 6.07) is 1.98. The van der Waals surface area contributed by atoms with Gasteiger partial charge in [0.25, 0.3) is 0 Å². The first kappa shape index (κ1) is 16.9. The predicted molar refractivity (Wildman–Crippen MR) is 97.5 cm³/mol. The van der Waals surface area contributed by atoms with Crippen molar-refractivity contribution in [2.24, 2.45) is 0 Å². The zero-order valence-electron chi connectivity index (χ0n) is 13.9. The van der Waals surface area contributed by atoms with Gasteiger partial charge in [-0.3, -0.25) is 9.48 Å². The van der Waals surface area contributed by atoms with Crippen LogP contribution in [0.3, 0.4) is 0 Å². The molecule has 0 aliphatic heterocycles. The van der Waals surface area contributed by atoms with Crippen LogP contribution in [0.15, 0.2) is 29.2 Å². The van der Waals surface area contributed by atoms with Crippen LogP contribution in [0.25, 0.3) is 0 Å². The largest absolute Gasteiger partial charge is 0.345 e. The Morgan fingerprint density at radius 1 is 1.38 bits per heavy atom. The number of amides is 1. The fourth-order valence-corrected chi connectivity index (χ4v) is 4.09. The summed E-state index contributed by atoms with van der Waals surface area (Å²) in [6.45, 7) is 6.25. The van der Waals surface area contributed by atoms with Crippen molar-refractivity contribution in [3.05, 3.63) is 55.9 Å². The smallest absolute Gasteiger partial charge is 0.242 e. The minimum atomic E-state index is -0.110. The van der Waals surface area contributed by atoms with Gasteiger partial charge in [-0.05, 0) is 48.7 Å². The molecule has 3 heterocycles. The second kappa shape index (κ2) is 7.27. The van der Waals surface area contributed by atoms with Crippen molar-refractivity contribution >= 4 is 28.6 Å². The lowest BCUT2D eigenvalue weighted by Gasteiger charge is -2.16. The minimum absolute atomic E-state index is 0.0520. The molecule has 7 heteroatoms. The number of carbonyl (C=O) groups is 1. The molecule has 1 atom stereocenters. The van der Waals surface area contributed by atoms with E-state index in [4.69, 9.17) is 0 Å². The van der Waals surface area contributed by atoms with Gasteiger partial charge in [0.05, 0.1) is 17.9 Å². The molecule has 126 valence electrons. The minimum Gasteiger partial charge on any atom is -0.345 e. The van der Waals surface area contributed by atoms with Crippen LogP contribution in [0.5, 0.6) is 0 Å². The first-order chi connectivity index (χ1) is 11.5. The summed E-state index contributed by atoms with van der Waals surface area (Å²) in [7, 11) is 0. The maximum atomic E-state index is 12.4. The van der Waals surface area contributed by atoms with Crippen LogP contribution in [0.4, 0.5) is 0 Å². The number of aromatic nitrogens is 3. The Bertz CT molecular complexity index is 800. The molecule has 24 heavy (non-hydrogen) atoms. The average molecular weight is 361 g/mol. The van der Waals surface area contributed by atoms with Crippen molar-refractivity contribution in [1.29, 1.82) is 0 Å². The molecular formula is C17H20N4OS2. The number of thiazole rings is 1. The quantitative estimate of drug-likeness (QED) is 0.733. The highest BCUT2D eigenvalue weighted by Crippen LogP contribution is 2.26. The van der Waals surface area contributed by atoms with Crippen molar-refractivity contribution in [3.8, 4) is 0 Å². The zero-order chi connectivity index (χ0) is 17.1. The Morgan fingerprint density at radius 2 is 2.21 bits per heavy atom. The molecule has 0 aromatic carbocycles. The molecule has 0 unspecified atom stereocenters. The summed E-state index contributed by atoms with van der Waals surface area (Å²) in [4.78, 5) is 18.3. The van der Waals surface area contributed by atoms with Gasteiger partial charge in [0.1, 0.15) is 11.6 Å². The molecule has 0 saturated heterocycles. The van der Waals surface area contributed by atoms with Gasteiger partial charge in [0.15, 0.2) is 0 Å². The van der Waals surface area contributed by atoms with Gasteiger partial charge in [-0.1, -0.05) is 0 Å². The lowest BCUT2D eigenvalue weighted by Crippen LogP contribution is -2.32. The number of nitrogens with one attached hydrogen (secondary N) is 1. The molecule has 1 amide bonds. The third kappa shape index (κ3) is 4.10. The summed E-state index contributed by atoms with van der Waals surface area (Å²) in [6.07, 6.45) is 4.37. The number of aryl methyl sites for hydroxylation is 3. The molecule has 5 nitrogen and oxygen atoms in total. The van der Waals surface area contributed by atoms with Crippen molar-refractivity contribution < 1.29 is 4.79 Å². The number of hydrogen-bond acceptors (Lipinski definition) is 5. The van der Waals surface area contributed by atoms with Crippen LogP contribution >= 0.6 is 22.7 Å². The lowest BCUT2D eigenvalue weighted by atomic mass is 10.1. The summed E-state index contributed by atoms with van der Waals surface area (Å²) in [5.74, 6) is -0.0520. The van der Waals surface area contributed by atoms with Crippen molar-refractivity contribution in [3.63, 3.8) is 0 Å². The second-order valence-electron chi connectivity index (χ2n) is 5.86. The monoisotopic (exact) mass is 360 g/mol. The molecule has 3 aromatic rings. The van der Waals surface area contributed by atoms with Gasteiger partial charge in [-0.2, -0.15) is 16.4 Å². The topological polar surface area (TPSA) is 59.8 Å². The molecule has 0 aliphatic carbocycles. The van der Waals surface area contributed by atoms with Crippen LogP contribution in [0.2, 0.25) is 0 Å². The molecule has 0 saturated carbocycles. The number of carbonyl (C=O) groups excluding carboxylic acids is 1. The van der Waals surface area contributed by atoms with E-state index in [9.17, 15) is 4.79 Å². The highest BCUT2D eigenvalue weighted by molar-refractivity contribution is 7.11. The van der Waals surface area contributed by atoms with Crippen LogP contribution in [0.1, 0.15) is 32.7 Å². The van der Waals surface area contributed by atoms with Crippen LogP contribution < -0.4 is 5.32 Å². The molecule has 0 spiro atoms. The first-order valence-electron chi connectivity index (χ1n) is 7.74. The van der Waals surface area contributed by atoms with Gasteiger partial charge in [-0.15, -0.1) is 11.3 Å². The highest BCUT2D eigenvalue weighted by atomic mass is 32.1. The Kier molecular flexibility index (Phi) is 5.11. The van der Waals surface area contributed by atoms with Crippen LogP contribution in [-0.2, 0) is 17.8 Å². The summed E-state index contributed by atoms with van der Waals surface area (Å²) >= 11 is 3.32. The molecule has 1 N–H and O–H groups in total. The Labute approximate surface area is 149 Å². The number of nitrogens with zero attached hydrogens (tertiary/aromatic N) is 3. The van der Waals surface area contributed by atoms with E-state index in [1.165, 1.54) is 10.4 Å². The van der Waals surface area contributed by atoms with Gasteiger partial charge in [0, 0.05) is 17.5 Å². The second-order valence-corrected chi connectivity index (χ2v) is 7.88. The number of thiophene rings is 1. The Balaban J connectivity index is 1.74. The van der Waals surface area contributed by atoms with Gasteiger partial charge < -0.3 is 5.32 Å². The third-order valence-corrected chi connectivity index (χ3v) is 5.68. The average Bonchev–Trinajstić information content (AvgIpc) is 3.23. The van der Waals surface area contributed by atoms with Crippen LogP contribution in [0, 0.1) is 20.8 Å². The molecule has 3 aromatic heterocycles. The molecule has 0 aliphatic rings. The van der Waals surface area contributed by atoms with E-state index in [1.807, 2.05) is 20.0 Å². The number of rotatable bonds is 6. The molecular weight excluding hydrogens is 340 g/mol. The third-order valence-electron chi connectivity index (χ3n) is 3.77. The Morgan fingerprint density at radius 3 is 2.79 bits per heavy atom. The maximum Gasteiger partial charge on any atom is 0.242 e. The predicted octanol–water partition coefficient (Wildman–Crippen LogP) is 3.43. The van der Waals surface area contributed by atoms with E-state index < -0.39 is 0 Å². The zero-order valence-corrected chi connectivity index (χ0v) is 15.6. The van der Waals surface area contributed by atoms with Crippen LogP contribution in [-0.4, -0.2) is 20.7 Å². The fraction of sp³-hybridized carbons (Fsp3) is 0.353. The van der Waals surface area contributed by atoms with E-state index in [-0.39, 0.29) is 18.5 Å². The molecule has 0 radical (unpaired) electrons. The van der Waals surface area contributed by atoms with E-state index in [1.54, 1.807) is 33.6 Å². The summed E-state index contributed by atoms with van der Waals surface area (Å²) in [5.41, 5.74) is 3.29. The van der Waals surface area contributed by atoms with Gasteiger partial charge in [0.2, 0.25) is 5.91 Å². The van der Waals surface area contributed by atoms with Gasteiger partial charge >= 0.3 is 0 Å².